The van der Waals surface area contributed by atoms with Gasteiger partial charge in [0.15, 0.2) is 0 Å². The minimum Gasteiger partial charge on any atom is -0.481 e. The van der Waals surface area contributed by atoms with Crippen LogP contribution in [0.5, 0.6) is 0 Å². The van der Waals surface area contributed by atoms with Gasteiger partial charge in [0.2, 0.25) is 0 Å². The molecular weight excluding hydrogens is 240 g/mol. The second-order valence-corrected chi connectivity index (χ2v) is 6.06. The van der Waals surface area contributed by atoms with E-state index in [0.717, 1.165) is 18.9 Å². The summed E-state index contributed by atoms with van der Waals surface area (Å²) >= 11 is 0. The van der Waals surface area contributed by atoms with Crippen molar-refractivity contribution in [2.75, 3.05) is 13.1 Å². The third kappa shape index (κ3) is 4.77. The van der Waals surface area contributed by atoms with Crippen molar-refractivity contribution in [2.24, 2.45) is 5.92 Å². The first-order valence-corrected chi connectivity index (χ1v) is 7.96. The molecule has 1 aliphatic heterocycles. The van der Waals surface area contributed by atoms with E-state index in [1.165, 1.54) is 51.5 Å². The smallest absolute Gasteiger partial charge is 0.303 e. The fraction of sp³-hybridized carbons (Fsp3) is 0.933. The molecule has 0 spiro atoms. The van der Waals surface area contributed by atoms with Crippen LogP contribution in [0.2, 0.25) is 0 Å². The van der Waals surface area contributed by atoms with E-state index in [-0.39, 0.29) is 6.42 Å². The zero-order valence-electron chi connectivity index (χ0n) is 11.9. The van der Waals surface area contributed by atoms with Gasteiger partial charge in [0.1, 0.15) is 0 Å². The maximum Gasteiger partial charge on any atom is 0.303 e. The van der Waals surface area contributed by atoms with Crippen molar-refractivity contribution in [1.29, 1.82) is 0 Å². The van der Waals surface area contributed by atoms with Crippen LogP contribution in [0.25, 0.3) is 0 Å². The summed E-state index contributed by atoms with van der Waals surface area (Å²) < 4.78 is 0. The van der Waals surface area contributed by atoms with Gasteiger partial charge in [0, 0.05) is 18.5 Å². The van der Waals surface area contributed by atoms with Gasteiger partial charge >= 0.3 is 5.97 Å². The van der Waals surface area contributed by atoms with E-state index in [4.69, 9.17) is 5.11 Å². The molecule has 19 heavy (non-hydrogen) atoms. The van der Waals surface area contributed by atoms with Crippen LogP contribution in [0.1, 0.15) is 57.8 Å². The van der Waals surface area contributed by atoms with Crippen LogP contribution < -0.4 is 10.6 Å². The number of hydrogen-bond acceptors (Lipinski definition) is 3. The third-order valence-corrected chi connectivity index (χ3v) is 4.66. The fourth-order valence-corrected chi connectivity index (χ4v) is 3.67. The molecule has 2 aliphatic rings. The van der Waals surface area contributed by atoms with Gasteiger partial charge in [0.25, 0.3) is 0 Å². The highest BCUT2D eigenvalue weighted by Gasteiger charge is 2.31. The van der Waals surface area contributed by atoms with Crippen molar-refractivity contribution in [1.82, 2.24) is 10.6 Å². The Balaban J connectivity index is 1.76. The Hall–Kier alpha value is -0.610. The Morgan fingerprint density at radius 3 is 2.68 bits per heavy atom. The highest BCUT2D eigenvalue weighted by molar-refractivity contribution is 5.66. The van der Waals surface area contributed by atoms with Crippen molar-refractivity contribution >= 4 is 5.97 Å². The van der Waals surface area contributed by atoms with Crippen LogP contribution in [-0.2, 0) is 4.79 Å². The summed E-state index contributed by atoms with van der Waals surface area (Å²) in [6.45, 7) is 2.02. The predicted molar refractivity (Wildman–Crippen MR) is 76.3 cm³/mol. The van der Waals surface area contributed by atoms with Gasteiger partial charge in [-0.05, 0) is 51.1 Å². The van der Waals surface area contributed by atoms with Crippen LogP contribution in [0.4, 0.5) is 0 Å². The Labute approximate surface area is 116 Å². The van der Waals surface area contributed by atoms with E-state index >= 15 is 0 Å². The largest absolute Gasteiger partial charge is 0.481 e. The normalized spacial score (nSPS) is 32.1. The molecule has 0 amide bonds. The first-order valence-electron chi connectivity index (χ1n) is 7.96. The molecule has 1 saturated carbocycles. The van der Waals surface area contributed by atoms with Crippen LogP contribution in [-0.4, -0.2) is 36.2 Å². The van der Waals surface area contributed by atoms with Crippen molar-refractivity contribution in [3.8, 4) is 0 Å². The summed E-state index contributed by atoms with van der Waals surface area (Å²) in [5, 5.41) is 16.0. The van der Waals surface area contributed by atoms with Crippen LogP contribution in [0.3, 0.4) is 0 Å². The molecule has 4 nitrogen and oxygen atoms in total. The lowest BCUT2D eigenvalue weighted by molar-refractivity contribution is -0.137. The Kier molecular flexibility index (Phi) is 6.11. The highest BCUT2D eigenvalue weighted by atomic mass is 16.4. The first kappa shape index (κ1) is 14.8. The van der Waals surface area contributed by atoms with Gasteiger partial charge in [-0.1, -0.05) is 19.3 Å². The lowest BCUT2D eigenvalue weighted by atomic mass is 9.77. The monoisotopic (exact) mass is 268 g/mol. The molecule has 4 heteroatoms. The maximum absolute atomic E-state index is 10.5. The van der Waals surface area contributed by atoms with E-state index in [0.29, 0.717) is 12.1 Å². The molecule has 1 aliphatic carbocycles. The van der Waals surface area contributed by atoms with Crippen LogP contribution in [0.15, 0.2) is 0 Å². The van der Waals surface area contributed by atoms with Gasteiger partial charge in [-0.3, -0.25) is 4.79 Å². The van der Waals surface area contributed by atoms with Gasteiger partial charge in [0.05, 0.1) is 0 Å². The number of carbonyl (C=O) groups is 1. The third-order valence-electron chi connectivity index (χ3n) is 4.66. The molecule has 0 aromatic rings. The highest BCUT2D eigenvalue weighted by Crippen LogP contribution is 2.30. The number of piperidine rings is 1. The number of aliphatic carboxylic acids is 1. The summed E-state index contributed by atoms with van der Waals surface area (Å²) in [7, 11) is 0. The minimum absolute atomic E-state index is 0.284. The SMILES string of the molecule is O=C(O)CCCNC1CCCCC1C1CCCCN1. The first-order chi connectivity index (χ1) is 9.27. The second-order valence-electron chi connectivity index (χ2n) is 6.06. The summed E-state index contributed by atoms with van der Waals surface area (Å²) in [5.41, 5.74) is 0. The maximum atomic E-state index is 10.5. The molecule has 2 fully saturated rings. The Bertz CT molecular complexity index is 277. The van der Waals surface area contributed by atoms with Crippen LogP contribution >= 0.6 is 0 Å². The zero-order chi connectivity index (χ0) is 13.5. The van der Waals surface area contributed by atoms with E-state index in [9.17, 15) is 4.79 Å². The molecule has 1 heterocycles. The molecule has 0 aromatic heterocycles. The molecule has 3 unspecified atom stereocenters. The van der Waals surface area contributed by atoms with E-state index in [1.807, 2.05) is 0 Å². The molecule has 0 aromatic carbocycles. The summed E-state index contributed by atoms with van der Waals surface area (Å²) in [4.78, 5) is 10.5. The van der Waals surface area contributed by atoms with Crippen molar-refractivity contribution in [3.63, 3.8) is 0 Å². The average Bonchev–Trinajstić information content (AvgIpc) is 2.45. The number of nitrogens with one attached hydrogen (secondary N) is 2. The minimum atomic E-state index is -0.684. The standard InChI is InChI=1S/C15H28N2O2/c18-15(19)9-5-11-17-13-7-2-1-6-12(13)14-8-3-4-10-16-14/h12-14,16-17H,1-11H2,(H,18,19). The van der Waals surface area contributed by atoms with Crippen molar-refractivity contribution < 1.29 is 9.90 Å². The second kappa shape index (κ2) is 7.85. The molecule has 2 rings (SSSR count). The topological polar surface area (TPSA) is 61.4 Å². The molecule has 3 N–H and O–H groups in total. The number of rotatable bonds is 6. The fourth-order valence-electron chi connectivity index (χ4n) is 3.67. The summed E-state index contributed by atoms with van der Waals surface area (Å²) in [6, 6.07) is 1.28. The lowest BCUT2D eigenvalue weighted by Gasteiger charge is -2.40. The number of carboxylic acid groups (broad SMARTS) is 1. The predicted octanol–water partition coefficient (Wildman–Crippen LogP) is 2.14. The Morgan fingerprint density at radius 1 is 1.16 bits per heavy atom. The number of hydrogen-bond donors (Lipinski definition) is 3. The molecule has 0 bridgehead atoms. The summed E-state index contributed by atoms with van der Waals surface area (Å²) in [5.74, 6) is 0.0646. The van der Waals surface area contributed by atoms with E-state index < -0.39 is 5.97 Å². The van der Waals surface area contributed by atoms with Gasteiger partial charge in [-0.15, -0.1) is 0 Å². The lowest BCUT2D eigenvalue weighted by Crippen LogP contribution is -2.50. The van der Waals surface area contributed by atoms with Crippen molar-refractivity contribution in [2.45, 2.75) is 69.9 Å². The summed E-state index contributed by atoms with van der Waals surface area (Å²) in [6.07, 6.45) is 10.3. The Morgan fingerprint density at radius 2 is 1.95 bits per heavy atom. The zero-order valence-corrected chi connectivity index (χ0v) is 11.9. The molecular formula is C15H28N2O2. The van der Waals surface area contributed by atoms with E-state index in [2.05, 4.69) is 10.6 Å². The molecule has 1 saturated heterocycles. The van der Waals surface area contributed by atoms with Gasteiger partial charge < -0.3 is 15.7 Å². The average molecular weight is 268 g/mol. The van der Waals surface area contributed by atoms with Crippen molar-refractivity contribution in [3.05, 3.63) is 0 Å². The quantitative estimate of drug-likeness (QED) is 0.646. The van der Waals surface area contributed by atoms with Crippen LogP contribution in [0, 0.1) is 5.92 Å². The molecule has 0 radical (unpaired) electrons. The molecule has 3 atom stereocenters. The number of carboxylic acids is 1. The van der Waals surface area contributed by atoms with E-state index in [1.54, 1.807) is 0 Å². The van der Waals surface area contributed by atoms with Gasteiger partial charge in [-0.2, -0.15) is 0 Å². The molecule has 110 valence electrons. The van der Waals surface area contributed by atoms with Gasteiger partial charge in [-0.25, -0.2) is 0 Å².